The van der Waals surface area contributed by atoms with Crippen molar-refractivity contribution in [2.45, 2.75) is 31.1 Å². The van der Waals surface area contributed by atoms with Crippen molar-refractivity contribution in [3.63, 3.8) is 0 Å². The molecule has 156 valence electrons. The SMILES string of the molecule is COc1ccccc1CCNC(=O)C1CCN(S(=O)(=O)c2ccc(C)cc2)CC1. The summed E-state index contributed by atoms with van der Waals surface area (Å²) in [5.41, 5.74) is 2.07. The number of nitrogens with one attached hydrogen (secondary N) is 1. The predicted octanol–water partition coefficient (Wildman–Crippen LogP) is 2.76. The molecule has 0 bridgehead atoms. The summed E-state index contributed by atoms with van der Waals surface area (Å²) in [6, 6.07) is 14.6. The van der Waals surface area contributed by atoms with Gasteiger partial charge >= 0.3 is 0 Å². The molecule has 0 saturated carbocycles. The Bertz CT molecular complexity index is 934. The van der Waals surface area contributed by atoms with Crippen LogP contribution in [0.15, 0.2) is 53.4 Å². The monoisotopic (exact) mass is 416 g/mol. The van der Waals surface area contributed by atoms with Crippen LogP contribution in [0.25, 0.3) is 0 Å². The lowest BCUT2D eigenvalue weighted by molar-refractivity contribution is -0.126. The maximum Gasteiger partial charge on any atom is 0.243 e. The van der Waals surface area contributed by atoms with E-state index < -0.39 is 10.0 Å². The Morgan fingerprint density at radius 3 is 2.41 bits per heavy atom. The zero-order valence-electron chi connectivity index (χ0n) is 16.9. The summed E-state index contributed by atoms with van der Waals surface area (Å²) in [7, 11) is -1.87. The number of aryl methyl sites for hydroxylation is 1. The highest BCUT2D eigenvalue weighted by Gasteiger charge is 2.31. The fourth-order valence-corrected chi connectivity index (χ4v) is 5.06. The number of sulfonamides is 1. The van der Waals surface area contributed by atoms with Crippen LogP contribution in [0.5, 0.6) is 5.75 Å². The summed E-state index contributed by atoms with van der Waals surface area (Å²) in [6.07, 6.45) is 1.76. The van der Waals surface area contributed by atoms with E-state index in [1.54, 1.807) is 31.4 Å². The largest absolute Gasteiger partial charge is 0.496 e. The van der Waals surface area contributed by atoms with Crippen molar-refractivity contribution in [1.29, 1.82) is 0 Å². The second kappa shape index (κ2) is 9.41. The van der Waals surface area contributed by atoms with Gasteiger partial charge < -0.3 is 10.1 Å². The molecule has 0 atom stereocenters. The van der Waals surface area contributed by atoms with Gasteiger partial charge in [-0.2, -0.15) is 4.31 Å². The normalized spacial score (nSPS) is 15.8. The Morgan fingerprint density at radius 2 is 1.76 bits per heavy atom. The van der Waals surface area contributed by atoms with Gasteiger partial charge in [-0.1, -0.05) is 35.9 Å². The number of carbonyl (C=O) groups is 1. The van der Waals surface area contributed by atoms with Gasteiger partial charge in [0.05, 0.1) is 12.0 Å². The second-order valence-electron chi connectivity index (χ2n) is 7.34. The predicted molar refractivity (Wildman–Crippen MR) is 112 cm³/mol. The quantitative estimate of drug-likeness (QED) is 0.753. The average molecular weight is 417 g/mol. The zero-order chi connectivity index (χ0) is 20.9. The van der Waals surface area contributed by atoms with Gasteiger partial charge in [0.15, 0.2) is 0 Å². The highest BCUT2D eigenvalue weighted by atomic mass is 32.2. The third-order valence-electron chi connectivity index (χ3n) is 5.37. The van der Waals surface area contributed by atoms with E-state index in [0.29, 0.717) is 43.8 Å². The first-order valence-electron chi connectivity index (χ1n) is 9.88. The zero-order valence-corrected chi connectivity index (χ0v) is 17.7. The maximum atomic E-state index is 12.8. The number of hydrogen-bond acceptors (Lipinski definition) is 4. The van der Waals surface area contributed by atoms with Crippen LogP contribution in [0.1, 0.15) is 24.0 Å². The summed E-state index contributed by atoms with van der Waals surface area (Å²) < 4.78 is 32.4. The molecular formula is C22H28N2O4S. The van der Waals surface area contributed by atoms with E-state index in [2.05, 4.69) is 5.32 Å². The minimum absolute atomic E-state index is 0.00715. The molecule has 1 aliphatic rings. The number of piperidine rings is 1. The molecule has 1 N–H and O–H groups in total. The van der Waals surface area contributed by atoms with Crippen LogP contribution in [0, 0.1) is 12.8 Å². The molecule has 1 heterocycles. The number of hydrogen-bond donors (Lipinski definition) is 1. The molecule has 29 heavy (non-hydrogen) atoms. The lowest BCUT2D eigenvalue weighted by atomic mass is 9.97. The van der Waals surface area contributed by atoms with E-state index in [1.165, 1.54) is 4.31 Å². The number of amides is 1. The van der Waals surface area contributed by atoms with Gasteiger partial charge in [0.1, 0.15) is 5.75 Å². The Morgan fingerprint density at radius 1 is 1.10 bits per heavy atom. The van der Waals surface area contributed by atoms with Crippen molar-refractivity contribution in [3.8, 4) is 5.75 Å². The van der Waals surface area contributed by atoms with Gasteiger partial charge in [-0.3, -0.25) is 4.79 Å². The smallest absolute Gasteiger partial charge is 0.243 e. The number of para-hydroxylation sites is 1. The third kappa shape index (κ3) is 5.16. The molecule has 1 fully saturated rings. The van der Waals surface area contributed by atoms with Crippen LogP contribution in [0.3, 0.4) is 0 Å². The molecule has 1 amide bonds. The molecule has 2 aromatic rings. The van der Waals surface area contributed by atoms with Crippen LogP contribution < -0.4 is 10.1 Å². The van der Waals surface area contributed by atoms with Crippen LogP contribution in [-0.2, 0) is 21.2 Å². The average Bonchev–Trinajstić information content (AvgIpc) is 2.74. The first-order chi connectivity index (χ1) is 13.9. The summed E-state index contributed by atoms with van der Waals surface area (Å²) in [5, 5.41) is 2.98. The maximum absolute atomic E-state index is 12.8. The first kappa shape index (κ1) is 21.3. The number of rotatable bonds is 7. The van der Waals surface area contributed by atoms with E-state index in [1.807, 2.05) is 31.2 Å². The highest BCUT2D eigenvalue weighted by Crippen LogP contribution is 2.24. The Labute approximate surface area is 172 Å². The van der Waals surface area contributed by atoms with E-state index in [0.717, 1.165) is 16.9 Å². The van der Waals surface area contributed by atoms with Gasteiger partial charge in [-0.25, -0.2) is 8.42 Å². The minimum Gasteiger partial charge on any atom is -0.496 e. The molecule has 2 aromatic carbocycles. The number of nitrogens with zero attached hydrogens (tertiary/aromatic N) is 1. The van der Waals surface area contributed by atoms with E-state index in [9.17, 15) is 13.2 Å². The lowest BCUT2D eigenvalue weighted by Gasteiger charge is -2.30. The number of ether oxygens (including phenoxy) is 1. The minimum atomic E-state index is -3.50. The first-order valence-corrected chi connectivity index (χ1v) is 11.3. The van der Waals surface area contributed by atoms with Crippen LogP contribution >= 0.6 is 0 Å². The molecule has 1 saturated heterocycles. The summed E-state index contributed by atoms with van der Waals surface area (Å²) >= 11 is 0. The summed E-state index contributed by atoms with van der Waals surface area (Å²) in [5.74, 6) is 0.654. The topological polar surface area (TPSA) is 75.7 Å². The van der Waals surface area contributed by atoms with E-state index in [-0.39, 0.29) is 11.8 Å². The molecule has 0 aromatic heterocycles. The van der Waals surface area contributed by atoms with Crippen LogP contribution in [-0.4, -0.2) is 45.4 Å². The van der Waals surface area contributed by atoms with Crippen molar-refractivity contribution in [2.75, 3.05) is 26.7 Å². The van der Waals surface area contributed by atoms with Gasteiger partial charge in [0.25, 0.3) is 0 Å². The second-order valence-corrected chi connectivity index (χ2v) is 9.28. The molecule has 0 unspecified atom stereocenters. The van der Waals surface area contributed by atoms with Gasteiger partial charge in [0, 0.05) is 25.6 Å². The standard InChI is InChI=1S/C22H28N2O4S/c1-17-7-9-20(10-8-17)29(26,27)24-15-12-19(13-16-24)22(25)23-14-11-18-5-3-4-6-21(18)28-2/h3-10,19H,11-16H2,1-2H3,(H,23,25). The molecule has 3 rings (SSSR count). The van der Waals surface area contributed by atoms with Gasteiger partial charge in [-0.15, -0.1) is 0 Å². The van der Waals surface area contributed by atoms with Crippen molar-refractivity contribution < 1.29 is 17.9 Å². The van der Waals surface area contributed by atoms with Crippen molar-refractivity contribution in [2.24, 2.45) is 5.92 Å². The highest BCUT2D eigenvalue weighted by molar-refractivity contribution is 7.89. The molecular weight excluding hydrogens is 388 g/mol. The summed E-state index contributed by atoms with van der Waals surface area (Å²) in [4.78, 5) is 12.8. The number of methoxy groups -OCH3 is 1. The molecule has 0 aliphatic carbocycles. The molecule has 7 heteroatoms. The number of benzene rings is 2. The molecule has 6 nitrogen and oxygen atoms in total. The molecule has 1 aliphatic heterocycles. The lowest BCUT2D eigenvalue weighted by Crippen LogP contribution is -2.43. The van der Waals surface area contributed by atoms with E-state index in [4.69, 9.17) is 4.74 Å². The summed E-state index contributed by atoms with van der Waals surface area (Å²) in [6.45, 7) is 3.18. The van der Waals surface area contributed by atoms with Crippen LogP contribution in [0.4, 0.5) is 0 Å². The fourth-order valence-electron chi connectivity index (χ4n) is 3.59. The van der Waals surface area contributed by atoms with Gasteiger partial charge in [0.2, 0.25) is 15.9 Å². The Hall–Kier alpha value is -2.38. The third-order valence-corrected chi connectivity index (χ3v) is 7.28. The fraction of sp³-hybridized carbons (Fsp3) is 0.409. The number of carbonyl (C=O) groups excluding carboxylic acids is 1. The van der Waals surface area contributed by atoms with Crippen molar-refractivity contribution >= 4 is 15.9 Å². The molecule has 0 spiro atoms. The Balaban J connectivity index is 1.50. The van der Waals surface area contributed by atoms with Crippen molar-refractivity contribution in [1.82, 2.24) is 9.62 Å². The van der Waals surface area contributed by atoms with Gasteiger partial charge in [-0.05, 0) is 49.9 Å². The Kier molecular flexibility index (Phi) is 6.92. The van der Waals surface area contributed by atoms with Crippen LogP contribution in [0.2, 0.25) is 0 Å². The van der Waals surface area contributed by atoms with E-state index >= 15 is 0 Å². The molecule has 0 radical (unpaired) electrons. The van der Waals surface area contributed by atoms with Crippen molar-refractivity contribution in [3.05, 3.63) is 59.7 Å².